The lowest BCUT2D eigenvalue weighted by Gasteiger charge is -2.10. The molecular formula is C28H18Br2N4O6. The Labute approximate surface area is 244 Å². The summed E-state index contributed by atoms with van der Waals surface area (Å²) in [5.74, 6) is -1.55. The topological polar surface area (TPSA) is 140 Å². The number of anilines is 1. The first-order valence-electron chi connectivity index (χ1n) is 11.5. The number of carbonyl (C=O) groups excluding carboxylic acids is 3. The third-order valence-electron chi connectivity index (χ3n) is 5.38. The monoisotopic (exact) mass is 664 g/mol. The zero-order valence-corrected chi connectivity index (χ0v) is 23.5. The van der Waals surface area contributed by atoms with Gasteiger partial charge in [0.15, 0.2) is 0 Å². The van der Waals surface area contributed by atoms with Crippen molar-refractivity contribution in [2.24, 2.45) is 5.10 Å². The Balaban J connectivity index is 1.46. The Hall–Kier alpha value is -4.68. The SMILES string of the molecule is O=C(Nc1ccccc1C(=O)N/N=C\c1cc(Br)ccc1OC(=O)c1ccc([N+](=O)[O-])cc1)c1ccc(Br)cc1. The van der Waals surface area contributed by atoms with E-state index in [4.69, 9.17) is 4.74 Å². The van der Waals surface area contributed by atoms with E-state index >= 15 is 0 Å². The largest absolute Gasteiger partial charge is 0.422 e. The standard InChI is InChI=1S/C28H18Br2N4O6/c29-20-9-5-17(6-10-20)26(35)32-24-4-2-1-3-23(24)27(36)33-31-16-19-15-21(30)11-14-25(19)40-28(37)18-7-12-22(13-8-18)34(38)39/h1-16H,(H,32,35)(H,33,36)/b31-16-. The van der Waals surface area contributed by atoms with Gasteiger partial charge < -0.3 is 10.1 Å². The van der Waals surface area contributed by atoms with Crippen molar-refractivity contribution in [3.63, 3.8) is 0 Å². The molecular weight excluding hydrogens is 648 g/mol. The minimum absolute atomic E-state index is 0.117. The number of hydrogen-bond acceptors (Lipinski definition) is 7. The molecule has 2 N–H and O–H groups in total. The molecule has 0 radical (unpaired) electrons. The Morgan fingerprint density at radius 1 is 0.825 bits per heavy atom. The van der Waals surface area contributed by atoms with Crippen LogP contribution in [0.5, 0.6) is 5.75 Å². The summed E-state index contributed by atoms with van der Waals surface area (Å²) >= 11 is 6.67. The summed E-state index contributed by atoms with van der Waals surface area (Å²) in [6.07, 6.45) is 1.30. The molecule has 2 amide bonds. The highest BCUT2D eigenvalue weighted by atomic mass is 79.9. The average Bonchev–Trinajstić information content (AvgIpc) is 2.95. The first-order chi connectivity index (χ1) is 19.2. The van der Waals surface area contributed by atoms with Gasteiger partial charge in [-0.1, -0.05) is 44.0 Å². The van der Waals surface area contributed by atoms with E-state index in [1.807, 2.05) is 0 Å². The molecule has 12 heteroatoms. The molecule has 4 aromatic carbocycles. The van der Waals surface area contributed by atoms with Gasteiger partial charge in [0.05, 0.1) is 28.0 Å². The minimum atomic E-state index is -0.730. The van der Waals surface area contributed by atoms with Crippen molar-refractivity contribution in [3.8, 4) is 5.75 Å². The van der Waals surface area contributed by atoms with Crippen LogP contribution in [0.15, 0.2) is 105 Å². The van der Waals surface area contributed by atoms with E-state index in [1.165, 1.54) is 36.5 Å². The Morgan fingerprint density at radius 2 is 1.48 bits per heavy atom. The number of hydrazone groups is 1. The molecule has 40 heavy (non-hydrogen) atoms. The molecule has 0 saturated carbocycles. The molecule has 0 aliphatic carbocycles. The quantitative estimate of drug-likeness (QED) is 0.0739. The van der Waals surface area contributed by atoms with Crippen LogP contribution in [0.25, 0.3) is 0 Å². The number of amides is 2. The number of non-ortho nitro benzene ring substituents is 1. The lowest BCUT2D eigenvalue weighted by Crippen LogP contribution is -2.21. The summed E-state index contributed by atoms with van der Waals surface area (Å²) in [7, 11) is 0. The van der Waals surface area contributed by atoms with Crippen molar-refractivity contribution in [2.75, 3.05) is 5.32 Å². The van der Waals surface area contributed by atoms with E-state index in [1.54, 1.807) is 60.7 Å². The van der Waals surface area contributed by atoms with Crippen LogP contribution in [0.3, 0.4) is 0 Å². The molecule has 0 unspecified atom stereocenters. The summed E-state index contributed by atoms with van der Waals surface area (Å²) in [4.78, 5) is 48.4. The van der Waals surface area contributed by atoms with E-state index in [0.717, 1.165) is 4.47 Å². The second-order valence-corrected chi connectivity index (χ2v) is 9.91. The fourth-order valence-electron chi connectivity index (χ4n) is 3.40. The van der Waals surface area contributed by atoms with Crippen LogP contribution in [-0.4, -0.2) is 28.9 Å². The second kappa shape index (κ2) is 12.9. The van der Waals surface area contributed by atoms with Gasteiger partial charge >= 0.3 is 5.97 Å². The molecule has 0 heterocycles. The summed E-state index contributed by atoms with van der Waals surface area (Å²) in [6.45, 7) is 0. The van der Waals surface area contributed by atoms with Crippen molar-refractivity contribution >= 4 is 67.2 Å². The molecule has 4 rings (SSSR count). The summed E-state index contributed by atoms with van der Waals surface area (Å²) in [5, 5.41) is 17.6. The Kier molecular flexibility index (Phi) is 9.15. The molecule has 200 valence electrons. The van der Waals surface area contributed by atoms with Crippen molar-refractivity contribution < 1.29 is 24.0 Å². The number of carbonyl (C=O) groups is 3. The molecule has 0 fully saturated rings. The lowest BCUT2D eigenvalue weighted by atomic mass is 10.1. The molecule has 0 aliphatic heterocycles. The van der Waals surface area contributed by atoms with Gasteiger partial charge in [0.2, 0.25) is 0 Å². The van der Waals surface area contributed by atoms with Gasteiger partial charge in [0.1, 0.15) is 5.75 Å². The number of halogens is 2. The highest BCUT2D eigenvalue weighted by Crippen LogP contribution is 2.24. The Morgan fingerprint density at radius 3 is 2.17 bits per heavy atom. The zero-order valence-electron chi connectivity index (χ0n) is 20.3. The molecule has 4 aromatic rings. The number of ether oxygens (including phenoxy) is 1. The van der Waals surface area contributed by atoms with E-state index < -0.39 is 16.8 Å². The van der Waals surface area contributed by atoms with E-state index in [0.29, 0.717) is 21.3 Å². The van der Waals surface area contributed by atoms with E-state index in [9.17, 15) is 24.5 Å². The second-order valence-electron chi connectivity index (χ2n) is 8.08. The molecule has 10 nitrogen and oxygen atoms in total. The van der Waals surface area contributed by atoms with Crippen LogP contribution >= 0.6 is 31.9 Å². The third-order valence-corrected chi connectivity index (χ3v) is 6.41. The van der Waals surface area contributed by atoms with Crippen molar-refractivity contribution in [2.45, 2.75) is 0 Å². The number of nitrogens with one attached hydrogen (secondary N) is 2. The number of hydrogen-bond donors (Lipinski definition) is 2. The number of nitro groups is 1. The van der Waals surface area contributed by atoms with Crippen LogP contribution in [-0.2, 0) is 0 Å². The summed E-state index contributed by atoms with van der Waals surface area (Å²) in [6, 6.07) is 23.0. The highest BCUT2D eigenvalue weighted by molar-refractivity contribution is 9.10. The Bertz CT molecular complexity index is 1620. The normalized spacial score (nSPS) is 10.7. The van der Waals surface area contributed by atoms with Gasteiger partial charge in [0.25, 0.3) is 17.5 Å². The smallest absolute Gasteiger partial charge is 0.343 e. The van der Waals surface area contributed by atoms with Gasteiger partial charge in [-0.05, 0) is 66.7 Å². The number of nitro benzene ring substituents is 1. The van der Waals surface area contributed by atoms with E-state index in [-0.39, 0.29) is 28.5 Å². The first kappa shape index (κ1) is 28.3. The van der Waals surface area contributed by atoms with Gasteiger partial charge in [-0.15, -0.1) is 0 Å². The van der Waals surface area contributed by atoms with Crippen LogP contribution in [0.1, 0.15) is 36.6 Å². The maximum Gasteiger partial charge on any atom is 0.343 e. The van der Waals surface area contributed by atoms with Gasteiger partial charge in [-0.2, -0.15) is 5.10 Å². The molecule has 0 spiro atoms. The van der Waals surface area contributed by atoms with Crippen LogP contribution in [0, 0.1) is 10.1 Å². The summed E-state index contributed by atoms with van der Waals surface area (Å²) in [5.41, 5.74) is 3.63. The van der Waals surface area contributed by atoms with Crippen molar-refractivity contribution in [3.05, 3.63) is 132 Å². The minimum Gasteiger partial charge on any atom is -0.422 e. The maximum absolute atomic E-state index is 12.9. The van der Waals surface area contributed by atoms with Crippen LogP contribution in [0.2, 0.25) is 0 Å². The van der Waals surface area contributed by atoms with Crippen LogP contribution in [0.4, 0.5) is 11.4 Å². The molecule has 0 atom stereocenters. The number of rotatable bonds is 8. The van der Waals surface area contributed by atoms with E-state index in [2.05, 4.69) is 47.7 Å². The predicted octanol–water partition coefficient (Wildman–Crippen LogP) is 6.36. The highest BCUT2D eigenvalue weighted by Gasteiger charge is 2.16. The number of benzene rings is 4. The number of nitrogens with zero attached hydrogens (tertiary/aromatic N) is 2. The number of esters is 1. The van der Waals surface area contributed by atoms with Crippen molar-refractivity contribution in [1.29, 1.82) is 0 Å². The third kappa shape index (κ3) is 7.24. The maximum atomic E-state index is 12.9. The lowest BCUT2D eigenvalue weighted by molar-refractivity contribution is -0.384. The first-order valence-corrected chi connectivity index (χ1v) is 13.1. The molecule has 0 aliphatic rings. The molecule has 0 saturated heterocycles. The zero-order chi connectivity index (χ0) is 28.6. The summed E-state index contributed by atoms with van der Waals surface area (Å²) < 4.78 is 6.95. The van der Waals surface area contributed by atoms with Crippen LogP contribution < -0.4 is 15.5 Å². The molecule has 0 bridgehead atoms. The van der Waals surface area contributed by atoms with Gasteiger partial charge in [0, 0.05) is 32.2 Å². The fraction of sp³-hybridized carbons (Fsp3) is 0. The van der Waals surface area contributed by atoms with Crippen molar-refractivity contribution in [1.82, 2.24) is 5.43 Å². The van der Waals surface area contributed by atoms with Gasteiger partial charge in [-0.3, -0.25) is 19.7 Å². The predicted molar refractivity (Wildman–Crippen MR) is 156 cm³/mol. The molecule has 0 aromatic heterocycles. The number of para-hydroxylation sites is 1. The van der Waals surface area contributed by atoms with Gasteiger partial charge in [-0.25, -0.2) is 10.2 Å². The average molecular weight is 666 g/mol. The fourth-order valence-corrected chi connectivity index (χ4v) is 4.04.